The van der Waals surface area contributed by atoms with E-state index in [1.807, 2.05) is 34.9 Å². The number of carbonyl (C=O) groups excluding carboxylic acids is 2. The molecule has 1 aromatic rings. The number of aliphatic hydroxyl groups is 1. The van der Waals surface area contributed by atoms with E-state index in [9.17, 15) is 9.59 Å². The molecule has 0 aromatic heterocycles. The van der Waals surface area contributed by atoms with Crippen molar-refractivity contribution in [1.29, 1.82) is 0 Å². The van der Waals surface area contributed by atoms with Crippen LogP contribution < -0.4 is 0 Å². The van der Waals surface area contributed by atoms with Gasteiger partial charge in [0, 0.05) is 19.8 Å². The third-order valence-corrected chi connectivity index (χ3v) is 4.98. The monoisotopic (exact) mass is 347 g/mol. The van der Waals surface area contributed by atoms with Crippen molar-refractivity contribution in [2.45, 2.75) is 12.6 Å². The molecule has 1 aromatic carbocycles. The van der Waals surface area contributed by atoms with Crippen LogP contribution in [0.1, 0.15) is 5.56 Å². The highest BCUT2D eigenvalue weighted by molar-refractivity contribution is 8.13. The number of amides is 3. The minimum atomic E-state index is -0.612. The standard InChI is InChI=1S/C16H19N4O3S/c1-18-13-12(14(22)19(2)16(18)23)20(15(17-13)24-9-8-21)10-11-6-4-3-5-7-11/h3-7,12,21H,8-10H2,1-2H3/q+1. The molecule has 0 aliphatic carbocycles. The number of nitrogens with zero attached hydrogens (tertiary/aromatic N) is 4. The van der Waals surface area contributed by atoms with E-state index >= 15 is 0 Å². The Labute approximate surface area is 144 Å². The molecule has 0 saturated carbocycles. The van der Waals surface area contributed by atoms with Gasteiger partial charge in [-0.1, -0.05) is 30.3 Å². The fourth-order valence-corrected chi connectivity index (χ4v) is 3.53. The lowest BCUT2D eigenvalue weighted by molar-refractivity contribution is -0.548. The van der Waals surface area contributed by atoms with E-state index in [0.29, 0.717) is 23.3 Å². The number of imide groups is 1. The summed E-state index contributed by atoms with van der Waals surface area (Å²) in [5.74, 6) is 0.637. The summed E-state index contributed by atoms with van der Waals surface area (Å²) in [7, 11) is 3.11. The van der Waals surface area contributed by atoms with Gasteiger partial charge in [-0.25, -0.2) is 9.37 Å². The Morgan fingerprint density at radius 2 is 1.92 bits per heavy atom. The molecule has 0 bridgehead atoms. The molecule has 1 saturated heterocycles. The van der Waals surface area contributed by atoms with Crippen LogP contribution in [-0.2, 0) is 11.3 Å². The normalized spacial score (nSPS) is 20.6. The molecule has 1 unspecified atom stereocenters. The molecule has 1 N–H and O–H groups in total. The Hall–Kier alpha value is -2.19. The second-order valence-electron chi connectivity index (χ2n) is 5.58. The van der Waals surface area contributed by atoms with E-state index in [-0.39, 0.29) is 18.5 Å². The zero-order valence-corrected chi connectivity index (χ0v) is 14.4. The molecule has 0 radical (unpaired) electrons. The first-order valence-electron chi connectivity index (χ1n) is 7.59. The maximum Gasteiger partial charge on any atom is 0.358 e. The highest BCUT2D eigenvalue weighted by atomic mass is 32.2. The molecule has 0 spiro atoms. The van der Waals surface area contributed by atoms with Crippen LogP contribution in [0.5, 0.6) is 0 Å². The number of carbonyl (C=O) groups is 2. The van der Waals surface area contributed by atoms with Crippen LogP contribution in [0.25, 0.3) is 0 Å². The van der Waals surface area contributed by atoms with Crippen LogP contribution in [0, 0.1) is 0 Å². The summed E-state index contributed by atoms with van der Waals surface area (Å²) in [6.45, 7) is 0.527. The summed E-state index contributed by atoms with van der Waals surface area (Å²) in [6, 6.07) is 8.79. The van der Waals surface area contributed by atoms with Crippen LogP contribution in [0.4, 0.5) is 4.79 Å². The summed E-state index contributed by atoms with van der Waals surface area (Å²) in [5.41, 5.74) is 1.05. The largest absolute Gasteiger partial charge is 0.396 e. The van der Waals surface area contributed by atoms with E-state index in [1.165, 1.54) is 23.7 Å². The zero-order chi connectivity index (χ0) is 17.3. The van der Waals surface area contributed by atoms with Gasteiger partial charge < -0.3 is 5.11 Å². The Balaban J connectivity index is 1.99. The van der Waals surface area contributed by atoms with Crippen LogP contribution in [-0.4, -0.2) is 74.9 Å². The average Bonchev–Trinajstić information content (AvgIpc) is 2.95. The molecule has 1 fully saturated rings. The maximum atomic E-state index is 12.7. The van der Waals surface area contributed by atoms with Gasteiger partial charge in [-0.3, -0.25) is 14.6 Å². The van der Waals surface area contributed by atoms with Gasteiger partial charge in [-0.15, -0.1) is 0 Å². The molecule has 2 heterocycles. The predicted octanol–water partition coefficient (Wildman–Crippen LogP) is 0.585. The number of likely N-dealkylation sites (N-methyl/N-ethyl adjacent to an activating group) is 2. The third-order valence-electron chi connectivity index (χ3n) is 4.01. The Kier molecular flexibility index (Phi) is 4.68. The molecule has 7 nitrogen and oxygen atoms in total. The molecule has 2 aliphatic heterocycles. The van der Waals surface area contributed by atoms with E-state index in [0.717, 1.165) is 10.5 Å². The van der Waals surface area contributed by atoms with E-state index < -0.39 is 6.04 Å². The van der Waals surface area contributed by atoms with Gasteiger partial charge in [-0.2, -0.15) is 0 Å². The van der Waals surface area contributed by atoms with Crippen molar-refractivity contribution in [3.05, 3.63) is 35.9 Å². The third kappa shape index (κ3) is 2.83. The molecule has 126 valence electrons. The summed E-state index contributed by atoms with van der Waals surface area (Å²) in [6.07, 6.45) is 0. The topological polar surface area (TPSA) is 76.2 Å². The van der Waals surface area contributed by atoms with Crippen molar-refractivity contribution in [3.8, 4) is 0 Å². The summed E-state index contributed by atoms with van der Waals surface area (Å²) in [4.78, 5) is 31.9. The second-order valence-corrected chi connectivity index (χ2v) is 6.64. The summed E-state index contributed by atoms with van der Waals surface area (Å²) >= 11 is 1.38. The summed E-state index contributed by atoms with van der Waals surface area (Å²) < 4.78 is 1.90. The van der Waals surface area contributed by atoms with E-state index in [1.54, 1.807) is 7.05 Å². The van der Waals surface area contributed by atoms with Crippen molar-refractivity contribution in [2.24, 2.45) is 4.99 Å². The molecule has 24 heavy (non-hydrogen) atoms. The fourth-order valence-electron chi connectivity index (χ4n) is 2.77. The minimum Gasteiger partial charge on any atom is -0.396 e. The van der Waals surface area contributed by atoms with Gasteiger partial charge in [0.05, 0.1) is 6.61 Å². The maximum absolute atomic E-state index is 12.7. The van der Waals surface area contributed by atoms with Gasteiger partial charge in [0.2, 0.25) is 0 Å². The highest BCUT2D eigenvalue weighted by Crippen LogP contribution is 2.24. The quantitative estimate of drug-likeness (QED) is 0.809. The van der Waals surface area contributed by atoms with E-state index in [4.69, 9.17) is 5.11 Å². The Bertz CT molecular complexity index is 732. The molecule has 2 aliphatic rings. The number of rotatable bonds is 4. The number of urea groups is 1. The lowest BCUT2D eigenvalue weighted by atomic mass is 10.1. The van der Waals surface area contributed by atoms with Gasteiger partial charge >= 0.3 is 11.2 Å². The van der Waals surface area contributed by atoms with Gasteiger partial charge in [0.1, 0.15) is 6.54 Å². The number of thioether (sulfide) groups is 1. The molecular weight excluding hydrogens is 328 g/mol. The SMILES string of the molecule is CN1C(=O)C2C(=NC(SCCO)=[N+]2Cc2ccccc2)N(C)C1=O. The van der Waals surface area contributed by atoms with Crippen molar-refractivity contribution >= 4 is 34.7 Å². The van der Waals surface area contributed by atoms with Crippen molar-refractivity contribution < 1.29 is 19.3 Å². The lowest BCUT2D eigenvalue weighted by Crippen LogP contribution is -2.61. The first-order valence-corrected chi connectivity index (χ1v) is 8.58. The van der Waals surface area contributed by atoms with Gasteiger partial charge in [0.15, 0.2) is 0 Å². The van der Waals surface area contributed by atoms with Crippen LogP contribution in [0.15, 0.2) is 35.3 Å². The van der Waals surface area contributed by atoms with Gasteiger partial charge in [-0.05, 0) is 22.3 Å². The molecule has 1 atom stereocenters. The molecule has 3 rings (SSSR count). The molecule has 8 heteroatoms. The van der Waals surface area contributed by atoms with Crippen molar-refractivity contribution in [1.82, 2.24) is 9.80 Å². The number of fused-ring (bicyclic) bond motifs is 1. The molecular formula is C16H19N4O3S+. The number of hydrogen-bond donors (Lipinski definition) is 1. The average molecular weight is 347 g/mol. The fraction of sp³-hybridized carbons (Fsp3) is 0.375. The zero-order valence-electron chi connectivity index (χ0n) is 13.5. The second kappa shape index (κ2) is 6.74. The smallest absolute Gasteiger partial charge is 0.358 e. The highest BCUT2D eigenvalue weighted by Gasteiger charge is 2.53. The molecule has 3 amide bonds. The predicted molar refractivity (Wildman–Crippen MR) is 92.1 cm³/mol. The van der Waals surface area contributed by atoms with E-state index in [2.05, 4.69) is 4.99 Å². The van der Waals surface area contributed by atoms with Gasteiger partial charge in [0.25, 0.3) is 17.8 Å². The Morgan fingerprint density at radius 1 is 1.21 bits per heavy atom. The van der Waals surface area contributed by atoms with Crippen LogP contribution >= 0.6 is 11.8 Å². The number of hydrogen-bond acceptors (Lipinski definition) is 5. The first kappa shape index (κ1) is 16.7. The van der Waals surface area contributed by atoms with Crippen LogP contribution in [0.3, 0.4) is 0 Å². The van der Waals surface area contributed by atoms with Crippen LogP contribution in [0.2, 0.25) is 0 Å². The minimum absolute atomic E-state index is 0.0193. The number of benzene rings is 1. The number of amidine groups is 2. The van der Waals surface area contributed by atoms with Crippen molar-refractivity contribution in [3.63, 3.8) is 0 Å². The lowest BCUT2D eigenvalue weighted by Gasteiger charge is -2.30. The van der Waals surface area contributed by atoms with Crippen molar-refractivity contribution in [2.75, 3.05) is 26.5 Å². The number of aliphatic hydroxyl groups excluding tert-OH is 1. The number of aliphatic imine (C=N–C) groups is 1. The Morgan fingerprint density at radius 3 is 2.58 bits per heavy atom. The summed E-state index contributed by atoms with van der Waals surface area (Å²) in [5, 5.41) is 9.76. The first-order chi connectivity index (χ1) is 11.5.